The third kappa shape index (κ3) is 2.43. The third-order valence-corrected chi connectivity index (χ3v) is 3.46. The largest absolute Gasteiger partial charge is 0.327 e. The van der Waals surface area contributed by atoms with Crippen molar-refractivity contribution in [1.82, 2.24) is 4.90 Å². The molecule has 0 aromatic heterocycles. The molecule has 1 fully saturated rings. The average Bonchev–Trinajstić information content (AvgIpc) is 2.32. The van der Waals surface area contributed by atoms with Crippen molar-refractivity contribution in [3.8, 4) is 0 Å². The molecular weight excluding hydrogens is 228 g/mol. The van der Waals surface area contributed by atoms with Crippen LogP contribution in [0.4, 0.5) is 0 Å². The van der Waals surface area contributed by atoms with Crippen molar-refractivity contribution in [3.05, 3.63) is 34.9 Å². The Morgan fingerprint density at radius 3 is 2.67 bits per heavy atom. The Morgan fingerprint density at radius 1 is 1.33 bits per heavy atom. The lowest BCUT2D eigenvalue weighted by Gasteiger charge is -2.28. The number of aryl methyl sites for hydroxylation is 2. The number of hydrogen-bond acceptors (Lipinski definition) is 3. The molecule has 4 nitrogen and oxygen atoms in total. The summed E-state index contributed by atoms with van der Waals surface area (Å²) in [6, 6.07) is 5.40. The second-order valence-corrected chi connectivity index (χ2v) is 4.90. The second kappa shape index (κ2) is 4.90. The van der Waals surface area contributed by atoms with Crippen LogP contribution in [0.3, 0.4) is 0 Å². The predicted octanol–water partition coefficient (Wildman–Crippen LogP) is 1.39. The molecule has 1 aliphatic heterocycles. The molecule has 1 unspecified atom stereocenters. The van der Waals surface area contributed by atoms with Crippen molar-refractivity contribution in [2.75, 3.05) is 6.54 Å². The monoisotopic (exact) mass is 246 g/mol. The molecule has 1 aliphatic rings. The van der Waals surface area contributed by atoms with Crippen LogP contribution in [0.5, 0.6) is 0 Å². The number of carbonyl (C=O) groups excluding carboxylic acids is 2. The van der Waals surface area contributed by atoms with E-state index in [-0.39, 0.29) is 24.3 Å². The van der Waals surface area contributed by atoms with Crippen molar-refractivity contribution < 1.29 is 9.59 Å². The van der Waals surface area contributed by atoms with Gasteiger partial charge in [0.1, 0.15) is 0 Å². The minimum absolute atomic E-state index is 0.110. The molecule has 2 rings (SSSR count). The van der Waals surface area contributed by atoms with Crippen LogP contribution in [0.25, 0.3) is 0 Å². The first-order chi connectivity index (χ1) is 8.49. The number of imide groups is 1. The van der Waals surface area contributed by atoms with E-state index < -0.39 is 0 Å². The molecule has 1 saturated heterocycles. The first kappa shape index (κ1) is 12.8. The van der Waals surface area contributed by atoms with Gasteiger partial charge in [-0.3, -0.25) is 14.5 Å². The zero-order valence-corrected chi connectivity index (χ0v) is 10.8. The number of piperidine rings is 1. The topological polar surface area (TPSA) is 63.4 Å². The number of nitrogens with zero attached hydrogens (tertiary/aromatic N) is 1. The van der Waals surface area contributed by atoms with E-state index >= 15 is 0 Å². The number of amides is 2. The lowest BCUT2D eigenvalue weighted by molar-refractivity contribution is -0.130. The molecule has 0 radical (unpaired) electrons. The van der Waals surface area contributed by atoms with E-state index in [1.807, 2.05) is 26.0 Å². The lowest BCUT2D eigenvalue weighted by atomic mass is 10.0. The highest BCUT2D eigenvalue weighted by Gasteiger charge is 2.28. The Hall–Kier alpha value is -1.68. The van der Waals surface area contributed by atoms with Gasteiger partial charge in [-0.15, -0.1) is 0 Å². The smallest absolute Gasteiger partial charge is 0.260 e. The molecule has 0 saturated carbocycles. The summed E-state index contributed by atoms with van der Waals surface area (Å²) >= 11 is 0. The summed E-state index contributed by atoms with van der Waals surface area (Å²) in [5.41, 5.74) is 8.48. The molecule has 18 heavy (non-hydrogen) atoms. The highest BCUT2D eigenvalue weighted by Crippen LogP contribution is 2.16. The lowest BCUT2D eigenvalue weighted by Crippen LogP contribution is -2.46. The van der Waals surface area contributed by atoms with Gasteiger partial charge in [0.15, 0.2) is 0 Å². The molecular formula is C14H18N2O2. The summed E-state index contributed by atoms with van der Waals surface area (Å²) in [5.74, 6) is -0.382. The number of carbonyl (C=O) groups is 2. The fourth-order valence-electron chi connectivity index (χ4n) is 2.10. The normalized spacial score (nSPS) is 20.1. The van der Waals surface area contributed by atoms with Gasteiger partial charge in [-0.2, -0.15) is 0 Å². The Bertz CT molecular complexity index is 497. The van der Waals surface area contributed by atoms with Gasteiger partial charge in [-0.25, -0.2) is 0 Å². The molecule has 1 aromatic rings. The molecule has 0 spiro atoms. The van der Waals surface area contributed by atoms with E-state index in [0.29, 0.717) is 18.5 Å². The van der Waals surface area contributed by atoms with Crippen molar-refractivity contribution in [2.45, 2.75) is 32.7 Å². The first-order valence-electron chi connectivity index (χ1n) is 6.16. The SMILES string of the molecule is Cc1ccc(C(=O)N2CCC(N)CC2=O)cc1C. The highest BCUT2D eigenvalue weighted by atomic mass is 16.2. The second-order valence-electron chi connectivity index (χ2n) is 4.90. The van der Waals surface area contributed by atoms with Crippen LogP contribution in [-0.2, 0) is 4.79 Å². The van der Waals surface area contributed by atoms with Gasteiger partial charge in [0.25, 0.3) is 5.91 Å². The van der Waals surface area contributed by atoms with E-state index in [1.54, 1.807) is 6.07 Å². The molecule has 1 aromatic carbocycles. The maximum atomic E-state index is 12.2. The quantitative estimate of drug-likeness (QED) is 0.762. The van der Waals surface area contributed by atoms with Crippen LogP contribution in [-0.4, -0.2) is 29.3 Å². The summed E-state index contributed by atoms with van der Waals surface area (Å²) in [7, 11) is 0. The zero-order chi connectivity index (χ0) is 13.3. The van der Waals surface area contributed by atoms with Crippen molar-refractivity contribution in [3.63, 3.8) is 0 Å². The molecule has 0 bridgehead atoms. The van der Waals surface area contributed by atoms with Gasteiger partial charge in [0.05, 0.1) is 0 Å². The number of hydrogen-bond donors (Lipinski definition) is 1. The number of rotatable bonds is 1. The number of benzene rings is 1. The van der Waals surface area contributed by atoms with E-state index in [1.165, 1.54) is 4.90 Å². The van der Waals surface area contributed by atoms with Gasteiger partial charge in [-0.05, 0) is 43.5 Å². The van der Waals surface area contributed by atoms with Crippen LogP contribution in [0.15, 0.2) is 18.2 Å². The Morgan fingerprint density at radius 2 is 2.06 bits per heavy atom. The molecule has 1 heterocycles. The predicted molar refractivity (Wildman–Crippen MR) is 69.2 cm³/mol. The van der Waals surface area contributed by atoms with E-state index in [4.69, 9.17) is 5.73 Å². The van der Waals surface area contributed by atoms with Crippen molar-refractivity contribution in [1.29, 1.82) is 0 Å². The van der Waals surface area contributed by atoms with Gasteiger partial charge < -0.3 is 5.73 Å². The fraction of sp³-hybridized carbons (Fsp3) is 0.429. The summed E-state index contributed by atoms with van der Waals surface area (Å²) in [6.45, 7) is 4.38. The van der Waals surface area contributed by atoms with Crippen LogP contribution >= 0.6 is 0 Å². The summed E-state index contributed by atoms with van der Waals surface area (Å²) < 4.78 is 0. The average molecular weight is 246 g/mol. The van der Waals surface area contributed by atoms with Crippen LogP contribution in [0.2, 0.25) is 0 Å². The third-order valence-electron chi connectivity index (χ3n) is 3.46. The number of likely N-dealkylation sites (tertiary alicyclic amines) is 1. The van der Waals surface area contributed by atoms with Gasteiger partial charge in [0, 0.05) is 24.6 Å². The van der Waals surface area contributed by atoms with Crippen LogP contribution < -0.4 is 5.73 Å². The standard InChI is InChI=1S/C14H18N2O2/c1-9-3-4-11(7-10(9)2)14(18)16-6-5-12(15)8-13(16)17/h3-4,7,12H,5-6,8,15H2,1-2H3. The van der Waals surface area contributed by atoms with Gasteiger partial charge in [-0.1, -0.05) is 6.07 Å². The van der Waals surface area contributed by atoms with E-state index in [2.05, 4.69) is 0 Å². The molecule has 2 N–H and O–H groups in total. The molecule has 1 atom stereocenters. The van der Waals surface area contributed by atoms with Crippen LogP contribution in [0, 0.1) is 13.8 Å². The number of nitrogens with two attached hydrogens (primary N) is 1. The summed E-state index contributed by atoms with van der Waals surface area (Å²) in [6.07, 6.45) is 0.943. The first-order valence-corrected chi connectivity index (χ1v) is 6.16. The maximum Gasteiger partial charge on any atom is 0.260 e. The van der Waals surface area contributed by atoms with Crippen LogP contribution in [0.1, 0.15) is 34.3 Å². The Balaban J connectivity index is 2.20. The maximum absolute atomic E-state index is 12.2. The van der Waals surface area contributed by atoms with Gasteiger partial charge in [0.2, 0.25) is 5.91 Å². The molecule has 96 valence electrons. The molecule has 2 amide bonds. The summed E-state index contributed by atoms with van der Waals surface area (Å²) in [4.78, 5) is 25.4. The minimum atomic E-state index is -0.213. The van der Waals surface area contributed by atoms with Crippen molar-refractivity contribution >= 4 is 11.8 Å². The highest BCUT2D eigenvalue weighted by molar-refractivity contribution is 6.05. The Labute approximate surface area is 107 Å². The molecule has 0 aliphatic carbocycles. The Kier molecular flexibility index (Phi) is 3.48. The van der Waals surface area contributed by atoms with E-state index in [9.17, 15) is 9.59 Å². The minimum Gasteiger partial charge on any atom is -0.327 e. The molecule has 4 heteroatoms. The van der Waals surface area contributed by atoms with Crippen molar-refractivity contribution in [2.24, 2.45) is 5.73 Å². The van der Waals surface area contributed by atoms with E-state index in [0.717, 1.165) is 11.1 Å². The van der Waals surface area contributed by atoms with Gasteiger partial charge >= 0.3 is 0 Å². The fourth-order valence-corrected chi connectivity index (χ4v) is 2.10. The summed E-state index contributed by atoms with van der Waals surface area (Å²) in [5, 5.41) is 0. The zero-order valence-electron chi connectivity index (χ0n) is 10.8.